The SMILES string of the molecule is COn1cc(C(=O)O)c2ccc(C)cc21. The van der Waals surface area contributed by atoms with E-state index in [-0.39, 0.29) is 5.56 Å². The molecule has 1 aromatic heterocycles. The Morgan fingerprint density at radius 3 is 2.80 bits per heavy atom. The highest BCUT2D eigenvalue weighted by Crippen LogP contribution is 2.21. The molecular weight excluding hydrogens is 194 g/mol. The van der Waals surface area contributed by atoms with Crippen LogP contribution in [0.3, 0.4) is 0 Å². The normalized spacial score (nSPS) is 10.5. The number of aromatic carboxylic acids is 1. The molecule has 0 aliphatic rings. The summed E-state index contributed by atoms with van der Waals surface area (Å²) in [4.78, 5) is 16.0. The molecule has 0 aliphatic heterocycles. The number of rotatable bonds is 2. The second kappa shape index (κ2) is 3.31. The molecular formula is C11H11NO3. The van der Waals surface area contributed by atoms with Crippen molar-refractivity contribution in [3.8, 4) is 0 Å². The van der Waals surface area contributed by atoms with Crippen LogP contribution < -0.4 is 4.84 Å². The number of fused-ring (bicyclic) bond motifs is 1. The van der Waals surface area contributed by atoms with Gasteiger partial charge in [-0.05, 0) is 18.6 Å². The smallest absolute Gasteiger partial charge is 0.338 e. The van der Waals surface area contributed by atoms with Crippen LogP contribution in [0.25, 0.3) is 10.9 Å². The third-order valence-corrected chi connectivity index (χ3v) is 2.35. The predicted molar refractivity (Wildman–Crippen MR) is 56.1 cm³/mol. The molecule has 0 amide bonds. The van der Waals surface area contributed by atoms with Gasteiger partial charge in [0, 0.05) is 5.39 Å². The lowest BCUT2D eigenvalue weighted by Gasteiger charge is -2.01. The van der Waals surface area contributed by atoms with Crippen LogP contribution in [-0.2, 0) is 0 Å². The number of aromatic nitrogens is 1. The Kier molecular flexibility index (Phi) is 2.11. The van der Waals surface area contributed by atoms with Gasteiger partial charge < -0.3 is 9.94 Å². The minimum absolute atomic E-state index is 0.256. The van der Waals surface area contributed by atoms with Gasteiger partial charge in [0.1, 0.15) is 7.11 Å². The van der Waals surface area contributed by atoms with E-state index in [1.807, 2.05) is 19.1 Å². The third-order valence-electron chi connectivity index (χ3n) is 2.35. The van der Waals surface area contributed by atoms with E-state index in [0.717, 1.165) is 11.1 Å². The summed E-state index contributed by atoms with van der Waals surface area (Å²) in [6.07, 6.45) is 1.48. The number of nitrogens with zero attached hydrogens (tertiary/aromatic N) is 1. The first-order valence-electron chi connectivity index (χ1n) is 4.53. The Morgan fingerprint density at radius 2 is 2.20 bits per heavy atom. The van der Waals surface area contributed by atoms with E-state index < -0.39 is 5.97 Å². The fourth-order valence-electron chi connectivity index (χ4n) is 1.63. The van der Waals surface area contributed by atoms with E-state index in [1.165, 1.54) is 18.0 Å². The molecule has 0 unspecified atom stereocenters. The largest absolute Gasteiger partial charge is 0.478 e. The van der Waals surface area contributed by atoms with Gasteiger partial charge in [-0.25, -0.2) is 4.79 Å². The van der Waals surface area contributed by atoms with Crippen LogP contribution >= 0.6 is 0 Å². The quantitative estimate of drug-likeness (QED) is 0.811. The monoisotopic (exact) mass is 205 g/mol. The van der Waals surface area contributed by atoms with Crippen molar-refractivity contribution in [2.45, 2.75) is 6.92 Å². The van der Waals surface area contributed by atoms with Crippen LogP contribution in [0.1, 0.15) is 15.9 Å². The van der Waals surface area contributed by atoms with E-state index in [9.17, 15) is 4.79 Å². The molecule has 0 saturated carbocycles. The average Bonchev–Trinajstić information content (AvgIpc) is 2.55. The number of hydrogen-bond acceptors (Lipinski definition) is 2. The lowest BCUT2D eigenvalue weighted by atomic mass is 10.1. The lowest BCUT2D eigenvalue weighted by molar-refractivity contribution is 0.0696. The zero-order valence-electron chi connectivity index (χ0n) is 8.52. The molecule has 0 spiro atoms. The van der Waals surface area contributed by atoms with Gasteiger partial charge in [-0.15, -0.1) is 0 Å². The maximum atomic E-state index is 11.0. The first-order valence-corrected chi connectivity index (χ1v) is 4.53. The van der Waals surface area contributed by atoms with Gasteiger partial charge >= 0.3 is 5.97 Å². The molecule has 2 rings (SSSR count). The van der Waals surface area contributed by atoms with E-state index >= 15 is 0 Å². The third kappa shape index (κ3) is 1.44. The zero-order valence-corrected chi connectivity index (χ0v) is 8.52. The van der Waals surface area contributed by atoms with Gasteiger partial charge in [0.25, 0.3) is 0 Å². The summed E-state index contributed by atoms with van der Waals surface area (Å²) in [6, 6.07) is 5.57. The van der Waals surface area contributed by atoms with Gasteiger partial charge in [0.2, 0.25) is 0 Å². The average molecular weight is 205 g/mol. The van der Waals surface area contributed by atoms with Gasteiger partial charge in [0.15, 0.2) is 0 Å². The predicted octanol–water partition coefficient (Wildman–Crippen LogP) is 1.71. The van der Waals surface area contributed by atoms with Crippen molar-refractivity contribution in [3.63, 3.8) is 0 Å². The Bertz CT molecular complexity index is 528. The molecule has 4 heteroatoms. The topological polar surface area (TPSA) is 51.5 Å². The molecule has 0 bridgehead atoms. The number of carboxylic acids is 1. The van der Waals surface area contributed by atoms with Crippen molar-refractivity contribution >= 4 is 16.9 Å². The van der Waals surface area contributed by atoms with Gasteiger partial charge in [0.05, 0.1) is 17.3 Å². The number of carboxylic acid groups (broad SMARTS) is 1. The van der Waals surface area contributed by atoms with Crippen LogP contribution in [0.5, 0.6) is 0 Å². The van der Waals surface area contributed by atoms with E-state index in [1.54, 1.807) is 6.07 Å². The van der Waals surface area contributed by atoms with Crippen LogP contribution in [0.4, 0.5) is 0 Å². The summed E-state index contributed by atoms with van der Waals surface area (Å²) in [5.74, 6) is -0.945. The fraction of sp³-hybridized carbons (Fsp3) is 0.182. The second-order valence-corrected chi connectivity index (χ2v) is 3.38. The number of aryl methyl sites for hydroxylation is 1. The van der Waals surface area contributed by atoms with Gasteiger partial charge in [-0.2, -0.15) is 4.73 Å². The van der Waals surface area contributed by atoms with Crippen LogP contribution in [-0.4, -0.2) is 22.9 Å². The Labute approximate surface area is 86.7 Å². The van der Waals surface area contributed by atoms with E-state index in [4.69, 9.17) is 9.94 Å². The maximum absolute atomic E-state index is 11.0. The lowest BCUT2D eigenvalue weighted by Crippen LogP contribution is -2.03. The Hall–Kier alpha value is -1.97. The van der Waals surface area contributed by atoms with Gasteiger partial charge in [-0.3, -0.25) is 0 Å². The molecule has 0 fully saturated rings. The van der Waals surface area contributed by atoms with E-state index in [2.05, 4.69) is 0 Å². The van der Waals surface area contributed by atoms with Crippen molar-refractivity contribution in [1.29, 1.82) is 0 Å². The van der Waals surface area contributed by atoms with Crippen LogP contribution in [0, 0.1) is 6.92 Å². The molecule has 1 N–H and O–H groups in total. The molecule has 2 aromatic rings. The molecule has 1 aromatic carbocycles. The summed E-state index contributed by atoms with van der Waals surface area (Å²) in [5, 5.41) is 9.68. The Morgan fingerprint density at radius 1 is 1.47 bits per heavy atom. The number of carbonyl (C=O) groups is 1. The molecule has 0 atom stereocenters. The second-order valence-electron chi connectivity index (χ2n) is 3.38. The zero-order chi connectivity index (χ0) is 11.0. The minimum Gasteiger partial charge on any atom is -0.478 e. The molecule has 78 valence electrons. The first kappa shape index (κ1) is 9.58. The number of hydrogen-bond donors (Lipinski definition) is 1. The minimum atomic E-state index is -0.945. The summed E-state index contributed by atoms with van der Waals surface area (Å²) < 4.78 is 1.46. The maximum Gasteiger partial charge on any atom is 0.338 e. The Balaban J connectivity index is 2.81. The standard InChI is InChI=1S/C11H11NO3/c1-7-3-4-8-9(11(13)14)6-12(15-2)10(8)5-7/h3-6H,1-2H3,(H,13,14). The van der Waals surface area contributed by atoms with Crippen LogP contribution in [0.15, 0.2) is 24.4 Å². The van der Waals surface area contributed by atoms with E-state index in [0.29, 0.717) is 5.39 Å². The van der Waals surface area contributed by atoms with Crippen molar-refractivity contribution in [2.75, 3.05) is 7.11 Å². The van der Waals surface area contributed by atoms with Gasteiger partial charge in [-0.1, -0.05) is 12.1 Å². The molecule has 1 heterocycles. The summed E-state index contributed by atoms with van der Waals surface area (Å²) in [7, 11) is 1.51. The first-order chi connectivity index (χ1) is 7.13. The molecule has 0 radical (unpaired) electrons. The van der Waals surface area contributed by atoms with Crippen molar-refractivity contribution < 1.29 is 14.7 Å². The summed E-state index contributed by atoms with van der Waals surface area (Å²) in [5.41, 5.74) is 2.09. The van der Waals surface area contributed by atoms with Crippen LogP contribution in [0.2, 0.25) is 0 Å². The summed E-state index contributed by atoms with van der Waals surface area (Å²) in [6.45, 7) is 1.95. The summed E-state index contributed by atoms with van der Waals surface area (Å²) >= 11 is 0. The highest BCUT2D eigenvalue weighted by atomic mass is 16.6. The number of benzene rings is 1. The highest BCUT2D eigenvalue weighted by molar-refractivity contribution is 6.03. The molecule has 0 saturated heterocycles. The van der Waals surface area contributed by atoms with Crippen molar-refractivity contribution in [1.82, 2.24) is 4.73 Å². The highest BCUT2D eigenvalue weighted by Gasteiger charge is 2.14. The molecule has 0 aliphatic carbocycles. The van der Waals surface area contributed by atoms with Crippen molar-refractivity contribution in [3.05, 3.63) is 35.5 Å². The molecule has 15 heavy (non-hydrogen) atoms. The van der Waals surface area contributed by atoms with Crippen molar-refractivity contribution in [2.24, 2.45) is 0 Å². The fourth-order valence-corrected chi connectivity index (χ4v) is 1.63. The molecule has 4 nitrogen and oxygen atoms in total.